The monoisotopic (exact) mass is 252 g/mol. The van der Waals surface area contributed by atoms with Crippen LogP contribution in [0.5, 0.6) is 0 Å². The number of nitrogen functional groups attached to an aromatic ring is 1. The van der Waals surface area contributed by atoms with E-state index < -0.39 is 0 Å². The summed E-state index contributed by atoms with van der Waals surface area (Å²) < 4.78 is 5.20. The van der Waals surface area contributed by atoms with E-state index in [2.05, 4.69) is 29.1 Å². The van der Waals surface area contributed by atoms with Crippen LogP contribution in [0.4, 0.5) is 11.6 Å². The van der Waals surface area contributed by atoms with E-state index in [1.54, 1.807) is 13.2 Å². The zero-order chi connectivity index (χ0) is 13.4. The van der Waals surface area contributed by atoms with Crippen molar-refractivity contribution in [3.8, 4) is 0 Å². The zero-order valence-corrected chi connectivity index (χ0v) is 11.6. The maximum atomic E-state index is 5.79. The van der Waals surface area contributed by atoms with Gasteiger partial charge in [0.15, 0.2) is 0 Å². The minimum Gasteiger partial charge on any atom is -0.384 e. The van der Waals surface area contributed by atoms with Gasteiger partial charge in [-0.1, -0.05) is 20.3 Å². The predicted octanol–water partition coefficient (Wildman–Crippen LogP) is 2.24. The number of hydrogen-bond acceptors (Lipinski definition) is 5. The molecule has 0 aromatic carbocycles. The molecule has 0 aliphatic carbocycles. The summed E-state index contributed by atoms with van der Waals surface area (Å²) in [5, 5.41) is 3.36. The van der Waals surface area contributed by atoms with Crippen LogP contribution in [0.1, 0.15) is 38.9 Å². The Bertz CT molecular complexity index is 351. The highest BCUT2D eigenvalue weighted by Crippen LogP contribution is 2.12. The van der Waals surface area contributed by atoms with Crippen LogP contribution in [0.3, 0.4) is 0 Å². The Kier molecular flexibility index (Phi) is 6.43. The molecule has 1 aromatic rings. The molecule has 5 nitrogen and oxygen atoms in total. The molecule has 1 heterocycles. The summed E-state index contributed by atoms with van der Waals surface area (Å²) in [6.07, 6.45) is 4.01. The van der Waals surface area contributed by atoms with Gasteiger partial charge in [-0.2, -0.15) is 0 Å². The molecule has 3 N–H and O–H groups in total. The quantitative estimate of drug-likeness (QED) is 0.742. The highest BCUT2D eigenvalue weighted by molar-refractivity contribution is 5.45. The summed E-state index contributed by atoms with van der Waals surface area (Å²) >= 11 is 0. The van der Waals surface area contributed by atoms with Gasteiger partial charge in [-0.15, -0.1) is 0 Å². The summed E-state index contributed by atoms with van der Waals surface area (Å²) in [6.45, 7) is 4.92. The first kappa shape index (κ1) is 14.7. The second kappa shape index (κ2) is 7.87. The third-order valence-electron chi connectivity index (χ3n) is 2.62. The van der Waals surface area contributed by atoms with Crippen molar-refractivity contribution in [2.75, 3.05) is 24.8 Å². The van der Waals surface area contributed by atoms with Crippen molar-refractivity contribution in [1.29, 1.82) is 0 Å². The minimum atomic E-state index is 0.267. The summed E-state index contributed by atoms with van der Waals surface area (Å²) in [4.78, 5) is 8.69. The maximum absolute atomic E-state index is 5.79. The van der Waals surface area contributed by atoms with Crippen molar-refractivity contribution in [3.63, 3.8) is 0 Å². The summed E-state index contributed by atoms with van der Waals surface area (Å²) in [7, 11) is 1.71. The maximum Gasteiger partial charge on any atom is 0.133 e. The van der Waals surface area contributed by atoms with Crippen LogP contribution in [-0.4, -0.2) is 29.7 Å². The van der Waals surface area contributed by atoms with Gasteiger partial charge >= 0.3 is 0 Å². The Hall–Kier alpha value is -1.36. The van der Waals surface area contributed by atoms with Gasteiger partial charge in [0, 0.05) is 19.6 Å². The molecule has 0 amide bonds. The normalized spacial score (nSPS) is 12.4. The van der Waals surface area contributed by atoms with Crippen LogP contribution in [0, 0.1) is 0 Å². The molecular formula is C13H24N4O. The minimum absolute atomic E-state index is 0.267. The van der Waals surface area contributed by atoms with Gasteiger partial charge < -0.3 is 15.8 Å². The van der Waals surface area contributed by atoms with E-state index in [-0.39, 0.29) is 6.04 Å². The van der Waals surface area contributed by atoms with Gasteiger partial charge in [0.05, 0.1) is 12.6 Å². The van der Waals surface area contributed by atoms with Gasteiger partial charge in [-0.05, 0) is 12.8 Å². The van der Waals surface area contributed by atoms with E-state index in [0.717, 1.165) is 37.3 Å². The number of ether oxygens (including phenoxy) is 1. The highest BCUT2D eigenvalue weighted by Gasteiger charge is 2.09. The number of nitrogens with one attached hydrogen (secondary N) is 1. The molecule has 1 unspecified atom stereocenters. The number of methoxy groups -OCH3 is 1. The van der Waals surface area contributed by atoms with Crippen molar-refractivity contribution < 1.29 is 4.74 Å². The Morgan fingerprint density at radius 2 is 2.11 bits per heavy atom. The molecule has 0 radical (unpaired) electrons. The first-order valence-electron chi connectivity index (χ1n) is 6.58. The number of hydrogen-bond donors (Lipinski definition) is 2. The topological polar surface area (TPSA) is 73.1 Å². The van der Waals surface area contributed by atoms with Crippen LogP contribution >= 0.6 is 0 Å². The number of anilines is 2. The molecule has 18 heavy (non-hydrogen) atoms. The standard InChI is InChI=1S/C13H24N4O/c1-4-6-10(9-18-3)15-13-8-11(14)16-12(17-13)7-5-2/h8,10H,4-7,9H2,1-3H3,(H3,14,15,16,17). The van der Waals surface area contributed by atoms with E-state index in [4.69, 9.17) is 10.5 Å². The Morgan fingerprint density at radius 3 is 2.72 bits per heavy atom. The molecule has 0 saturated heterocycles. The van der Waals surface area contributed by atoms with Gasteiger partial charge in [0.1, 0.15) is 17.5 Å². The molecule has 0 aliphatic heterocycles. The molecule has 0 bridgehead atoms. The third-order valence-corrected chi connectivity index (χ3v) is 2.62. The second-order valence-electron chi connectivity index (χ2n) is 4.43. The Morgan fingerprint density at radius 1 is 1.33 bits per heavy atom. The average molecular weight is 252 g/mol. The number of nitrogens with two attached hydrogens (primary N) is 1. The summed E-state index contributed by atoms with van der Waals surface area (Å²) in [5.41, 5.74) is 5.79. The van der Waals surface area contributed by atoms with Crippen molar-refractivity contribution in [2.45, 2.75) is 45.6 Å². The molecule has 0 spiro atoms. The third kappa shape index (κ3) is 4.87. The number of rotatable bonds is 8. The van der Waals surface area contributed by atoms with Gasteiger partial charge in [0.25, 0.3) is 0 Å². The second-order valence-corrected chi connectivity index (χ2v) is 4.43. The van der Waals surface area contributed by atoms with E-state index >= 15 is 0 Å². The van der Waals surface area contributed by atoms with Crippen molar-refractivity contribution in [1.82, 2.24) is 9.97 Å². The lowest BCUT2D eigenvalue weighted by atomic mass is 10.2. The van der Waals surface area contributed by atoms with E-state index in [0.29, 0.717) is 12.4 Å². The van der Waals surface area contributed by atoms with Crippen LogP contribution in [0.2, 0.25) is 0 Å². The van der Waals surface area contributed by atoms with Gasteiger partial charge in [-0.3, -0.25) is 0 Å². The molecule has 1 atom stereocenters. The molecule has 5 heteroatoms. The summed E-state index contributed by atoms with van der Waals surface area (Å²) in [5.74, 6) is 2.11. The molecule has 0 saturated carbocycles. The van der Waals surface area contributed by atoms with Gasteiger partial charge in [0.2, 0.25) is 0 Å². The number of aryl methyl sites for hydroxylation is 1. The lowest BCUT2D eigenvalue weighted by Crippen LogP contribution is -2.25. The van der Waals surface area contributed by atoms with Crippen molar-refractivity contribution in [3.05, 3.63) is 11.9 Å². The number of aromatic nitrogens is 2. The molecule has 0 aliphatic rings. The average Bonchev–Trinajstić information content (AvgIpc) is 2.29. The fourth-order valence-corrected chi connectivity index (χ4v) is 1.88. The SMILES string of the molecule is CCCc1nc(N)cc(NC(CCC)COC)n1. The van der Waals surface area contributed by atoms with Crippen LogP contribution in [0.25, 0.3) is 0 Å². The molecular weight excluding hydrogens is 228 g/mol. The first-order valence-corrected chi connectivity index (χ1v) is 6.58. The lowest BCUT2D eigenvalue weighted by Gasteiger charge is -2.18. The van der Waals surface area contributed by atoms with Crippen LogP contribution in [0.15, 0.2) is 6.07 Å². The van der Waals surface area contributed by atoms with Gasteiger partial charge in [-0.25, -0.2) is 9.97 Å². The predicted molar refractivity (Wildman–Crippen MR) is 74.6 cm³/mol. The van der Waals surface area contributed by atoms with Crippen molar-refractivity contribution in [2.24, 2.45) is 0 Å². The fourth-order valence-electron chi connectivity index (χ4n) is 1.88. The van der Waals surface area contributed by atoms with Crippen LogP contribution < -0.4 is 11.1 Å². The lowest BCUT2D eigenvalue weighted by molar-refractivity contribution is 0.182. The molecule has 102 valence electrons. The first-order chi connectivity index (χ1) is 8.69. The Balaban J connectivity index is 2.74. The Labute approximate surface area is 109 Å². The largest absolute Gasteiger partial charge is 0.384 e. The van der Waals surface area contributed by atoms with E-state index in [1.165, 1.54) is 0 Å². The highest BCUT2D eigenvalue weighted by atomic mass is 16.5. The van der Waals surface area contributed by atoms with E-state index in [1.807, 2.05) is 0 Å². The smallest absolute Gasteiger partial charge is 0.133 e. The van der Waals surface area contributed by atoms with E-state index in [9.17, 15) is 0 Å². The molecule has 0 fully saturated rings. The van der Waals surface area contributed by atoms with Crippen molar-refractivity contribution >= 4 is 11.6 Å². The summed E-state index contributed by atoms with van der Waals surface area (Å²) in [6, 6.07) is 2.04. The zero-order valence-electron chi connectivity index (χ0n) is 11.6. The van der Waals surface area contributed by atoms with Crippen LogP contribution in [-0.2, 0) is 11.2 Å². The molecule has 1 aromatic heterocycles. The number of nitrogens with zero attached hydrogens (tertiary/aromatic N) is 2. The molecule has 1 rings (SSSR count). The fraction of sp³-hybridized carbons (Fsp3) is 0.692.